The Labute approximate surface area is 148 Å². The molecule has 0 fully saturated rings. The molecule has 23 heavy (non-hydrogen) atoms. The molecule has 2 aromatic heterocycles. The summed E-state index contributed by atoms with van der Waals surface area (Å²) >= 11 is 5.75. The number of hydrogen-bond donors (Lipinski definition) is 0. The van der Waals surface area contributed by atoms with E-state index in [2.05, 4.69) is 20.2 Å². The van der Waals surface area contributed by atoms with Crippen LogP contribution in [0.3, 0.4) is 0 Å². The molecule has 0 saturated heterocycles. The van der Waals surface area contributed by atoms with Gasteiger partial charge in [-0.05, 0) is 46.6 Å². The maximum Gasteiger partial charge on any atom is 0.344 e. The van der Waals surface area contributed by atoms with E-state index in [4.69, 9.17) is 0 Å². The lowest BCUT2D eigenvalue weighted by Crippen LogP contribution is -2.15. The highest BCUT2D eigenvalue weighted by Gasteiger charge is 2.30. The summed E-state index contributed by atoms with van der Waals surface area (Å²) in [5, 5.41) is 28.5. The second kappa shape index (κ2) is 7.08. The van der Waals surface area contributed by atoms with Crippen molar-refractivity contribution in [2.75, 3.05) is 6.54 Å². The van der Waals surface area contributed by atoms with Crippen LogP contribution >= 0.6 is 58.0 Å². The topological polar surface area (TPSA) is 137 Å². The minimum atomic E-state index is -0.741. The van der Waals surface area contributed by atoms with Gasteiger partial charge in [0.05, 0.1) is 4.92 Å². The first-order chi connectivity index (χ1) is 11.0. The van der Waals surface area contributed by atoms with E-state index in [1.807, 2.05) is 0 Å². The number of rotatable bonds is 5. The molecule has 1 atom stereocenters. The van der Waals surface area contributed by atoms with Crippen molar-refractivity contribution < 1.29 is 9.85 Å². The monoisotopic (exact) mass is 408 g/mol. The predicted molar refractivity (Wildman–Crippen MR) is 89.3 cm³/mol. The maximum absolute atomic E-state index is 10.7. The predicted octanol–water partition coefficient (Wildman–Crippen LogP) is 2.85. The van der Waals surface area contributed by atoms with Crippen LogP contribution in [0.1, 0.15) is 0 Å². The summed E-state index contributed by atoms with van der Waals surface area (Å²) in [4.78, 5) is 28.5. The first-order valence-electron chi connectivity index (χ1n) is 5.65. The lowest BCUT2D eigenvalue weighted by Gasteiger charge is -1.96. The van der Waals surface area contributed by atoms with Crippen molar-refractivity contribution in [3.8, 4) is 0 Å². The number of nitrogens with zero attached hydrogens (tertiary/aromatic N) is 6. The van der Waals surface area contributed by atoms with Gasteiger partial charge in [-0.25, -0.2) is 4.98 Å². The Balaban J connectivity index is 1.60. The molecule has 0 radical (unpaired) electrons. The summed E-state index contributed by atoms with van der Waals surface area (Å²) in [6, 6.07) is 0. The molecule has 0 spiro atoms. The molecule has 10 nitrogen and oxygen atoms in total. The third-order valence-corrected chi connectivity index (χ3v) is 7.55. The normalized spacial score (nSPS) is 17.2. The zero-order chi connectivity index (χ0) is 16.4. The minimum absolute atomic E-state index is 0.0332. The summed E-state index contributed by atoms with van der Waals surface area (Å²) in [6.45, 7) is 0.156. The fourth-order valence-electron chi connectivity index (χ4n) is 1.32. The molecule has 3 rings (SSSR count). The van der Waals surface area contributed by atoms with Gasteiger partial charge in [0.25, 0.3) is 5.37 Å². The van der Waals surface area contributed by atoms with Crippen LogP contribution in [0.4, 0.5) is 5.00 Å². The van der Waals surface area contributed by atoms with E-state index in [1.165, 1.54) is 41.1 Å². The summed E-state index contributed by atoms with van der Waals surface area (Å²) in [5.41, 5.74) is 0. The Morgan fingerprint density at radius 1 is 1.13 bits per heavy atom. The summed E-state index contributed by atoms with van der Waals surface area (Å²) < 4.78 is 2.29. The molecule has 2 aromatic rings. The molecule has 120 valence electrons. The van der Waals surface area contributed by atoms with Crippen molar-refractivity contribution in [3.05, 3.63) is 26.4 Å². The van der Waals surface area contributed by atoms with E-state index < -0.39 is 10.3 Å². The molecule has 1 aliphatic rings. The van der Waals surface area contributed by atoms with Crippen LogP contribution < -0.4 is 0 Å². The van der Waals surface area contributed by atoms with Crippen molar-refractivity contribution in [3.63, 3.8) is 0 Å². The van der Waals surface area contributed by atoms with E-state index in [1.54, 1.807) is 0 Å². The first-order valence-corrected chi connectivity index (χ1v) is 9.80. The van der Waals surface area contributed by atoms with E-state index in [9.17, 15) is 20.2 Å². The molecule has 0 N–H and O–H groups in total. The molecule has 0 amide bonds. The molecule has 15 heteroatoms. The Morgan fingerprint density at radius 2 is 1.87 bits per heavy atom. The highest BCUT2D eigenvalue weighted by atomic mass is 32.2. The number of hydrogen-bond acceptors (Lipinski definition) is 13. The number of aromatic nitrogens is 3. The third kappa shape index (κ3) is 4.17. The SMILES string of the molecule is O=[N+]([O-])c1cnc(Sc2nnc(SC3=NCC([N+](=O)[O-])S3)s2)s1. The van der Waals surface area contributed by atoms with Gasteiger partial charge < -0.3 is 0 Å². The Morgan fingerprint density at radius 3 is 2.48 bits per heavy atom. The smallest absolute Gasteiger partial charge is 0.263 e. The largest absolute Gasteiger partial charge is 0.344 e. The van der Waals surface area contributed by atoms with Crippen LogP contribution in [0.2, 0.25) is 0 Å². The van der Waals surface area contributed by atoms with Gasteiger partial charge in [0.2, 0.25) is 0 Å². The van der Waals surface area contributed by atoms with Gasteiger partial charge in [-0.2, -0.15) is 0 Å². The molecule has 1 aliphatic heterocycles. The summed E-state index contributed by atoms with van der Waals surface area (Å²) in [6.07, 6.45) is 1.20. The van der Waals surface area contributed by atoms with Crippen molar-refractivity contribution in [2.24, 2.45) is 4.99 Å². The van der Waals surface area contributed by atoms with Crippen LogP contribution in [0.5, 0.6) is 0 Å². The van der Waals surface area contributed by atoms with Gasteiger partial charge >= 0.3 is 5.00 Å². The molecule has 0 aromatic carbocycles. The fourth-order valence-corrected chi connectivity index (χ4v) is 6.60. The standard InChI is InChI=1S/C8H4N6O4S5/c15-13(16)3-1-9-5(19-3)21-7-11-12-8(23-7)22-6-10-2-4(20-6)14(17)18/h1,4H,2H2. The van der Waals surface area contributed by atoms with Gasteiger partial charge in [0, 0.05) is 4.92 Å². The molecular formula is C8H4N6O4S5. The van der Waals surface area contributed by atoms with Gasteiger partial charge in [0.15, 0.2) is 13.0 Å². The zero-order valence-corrected chi connectivity index (χ0v) is 14.8. The second-order valence-electron chi connectivity index (χ2n) is 3.72. The van der Waals surface area contributed by atoms with E-state index in [0.717, 1.165) is 23.1 Å². The maximum atomic E-state index is 10.7. The quantitative estimate of drug-likeness (QED) is 0.536. The highest BCUT2D eigenvalue weighted by Crippen LogP contribution is 2.39. The molecule has 3 heterocycles. The Kier molecular flexibility index (Phi) is 5.10. The van der Waals surface area contributed by atoms with Gasteiger partial charge in [-0.15, -0.1) is 10.2 Å². The van der Waals surface area contributed by atoms with E-state index in [0.29, 0.717) is 17.4 Å². The molecule has 0 bridgehead atoms. The highest BCUT2D eigenvalue weighted by molar-refractivity contribution is 8.39. The van der Waals surface area contributed by atoms with Crippen molar-refractivity contribution in [1.82, 2.24) is 15.2 Å². The molecular weight excluding hydrogens is 404 g/mol. The lowest BCUT2D eigenvalue weighted by molar-refractivity contribution is -0.491. The van der Waals surface area contributed by atoms with Crippen molar-refractivity contribution >= 4 is 67.3 Å². The number of thiazole rings is 1. The molecule has 0 saturated carbocycles. The van der Waals surface area contributed by atoms with Gasteiger partial charge in [-0.3, -0.25) is 25.2 Å². The van der Waals surface area contributed by atoms with Gasteiger partial charge in [0.1, 0.15) is 17.1 Å². The first kappa shape index (κ1) is 16.6. The number of thioether (sulfide) groups is 2. The lowest BCUT2D eigenvalue weighted by atomic mass is 10.7. The summed E-state index contributed by atoms with van der Waals surface area (Å²) in [7, 11) is 0. The Bertz CT molecular complexity index is 790. The average molecular weight is 408 g/mol. The van der Waals surface area contributed by atoms with E-state index in [-0.39, 0.29) is 16.5 Å². The van der Waals surface area contributed by atoms with Crippen LogP contribution in [0.15, 0.2) is 24.2 Å². The van der Waals surface area contributed by atoms with Crippen LogP contribution in [-0.4, -0.2) is 41.3 Å². The number of nitro groups is 2. The zero-order valence-electron chi connectivity index (χ0n) is 10.7. The Hall–Kier alpha value is -1.29. The van der Waals surface area contributed by atoms with Crippen LogP contribution in [-0.2, 0) is 0 Å². The summed E-state index contributed by atoms with van der Waals surface area (Å²) in [5.74, 6) is 0. The van der Waals surface area contributed by atoms with Crippen molar-refractivity contribution in [1.29, 1.82) is 0 Å². The van der Waals surface area contributed by atoms with Crippen LogP contribution in [0.25, 0.3) is 0 Å². The number of aliphatic imine (C=N–C) groups is 1. The molecule has 0 aliphatic carbocycles. The fraction of sp³-hybridized carbons (Fsp3) is 0.250. The minimum Gasteiger partial charge on any atom is -0.263 e. The van der Waals surface area contributed by atoms with Crippen molar-refractivity contribution in [2.45, 2.75) is 18.4 Å². The average Bonchev–Trinajstić information content (AvgIpc) is 3.21. The second-order valence-corrected chi connectivity index (χ2v) is 9.87. The van der Waals surface area contributed by atoms with Gasteiger partial charge in [-0.1, -0.05) is 11.3 Å². The third-order valence-electron chi connectivity index (χ3n) is 2.24. The van der Waals surface area contributed by atoms with E-state index >= 15 is 0 Å². The van der Waals surface area contributed by atoms with Crippen LogP contribution in [0, 0.1) is 20.2 Å². The molecule has 1 unspecified atom stereocenters.